The summed E-state index contributed by atoms with van der Waals surface area (Å²) in [5.74, 6) is 1.56. The molecule has 1 aliphatic carbocycles. The Morgan fingerprint density at radius 2 is 2.19 bits per heavy atom. The zero-order valence-corrected chi connectivity index (χ0v) is 15.4. The van der Waals surface area contributed by atoms with Gasteiger partial charge in [0, 0.05) is 18.2 Å². The SMILES string of the molecule is COc1cncc([C@H](NC(=O)CCc2c(C)noc2C)C2CC(O)C2)c1. The molecule has 2 heterocycles. The van der Waals surface area contributed by atoms with E-state index in [1.54, 1.807) is 19.5 Å². The van der Waals surface area contributed by atoms with E-state index in [2.05, 4.69) is 15.5 Å². The van der Waals surface area contributed by atoms with E-state index in [0.29, 0.717) is 31.4 Å². The number of ether oxygens (including phenoxy) is 1. The Labute approximate surface area is 152 Å². The quantitative estimate of drug-likeness (QED) is 0.787. The van der Waals surface area contributed by atoms with E-state index in [1.807, 2.05) is 19.9 Å². The molecule has 2 aromatic heterocycles. The molecule has 0 aliphatic heterocycles. The standard InChI is InChI=1S/C19H25N3O4/c1-11-17(12(2)26-22-11)4-5-18(24)21-19(13-6-15(23)7-13)14-8-16(25-3)10-20-9-14/h8-10,13,15,19,23H,4-7H2,1-3H3,(H,21,24)/t13?,15?,19-/m1/s1. The molecular formula is C19H25N3O4. The van der Waals surface area contributed by atoms with Gasteiger partial charge in [0.15, 0.2) is 0 Å². The number of aliphatic hydroxyl groups is 1. The largest absolute Gasteiger partial charge is 0.495 e. The van der Waals surface area contributed by atoms with Gasteiger partial charge in [-0.25, -0.2) is 0 Å². The number of carbonyl (C=O) groups excluding carboxylic acids is 1. The minimum atomic E-state index is -0.291. The van der Waals surface area contributed by atoms with Crippen molar-refractivity contribution in [2.75, 3.05) is 7.11 Å². The summed E-state index contributed by atoms with van der Waals surface area (Å²) in [5, 5.41) is 16.7. The van der Waals surface area contributed by atoms with Gasteiger partial charge >= 0.3 is 0 Å². The fourth-order valence-corrected chi connectivity index (χ4v) is 3.44. The Kier molecular flexibility index (Phi) is 5.56. The number of aliphatic hydroxyl groups excluding tert-OH is 1. The van der Waals surface area contributed by atoms with Crippen LogP contribution >= 0.6 is 0 Å². The van der Waals surface area contributed by atoms with E-state index in [4.69, 9.17) is 9.26 Å². The fourth-order valence-electron chi connectivity index (χ4n) is 3.44. The van der Waals surface area contributed by atoms with Gasteiger partial charge in [0.2, 0.25) is 5.91 Å². The molecule has 2 aromatic rings. The molecule has 0 bridgehead atoms. The van der Waals surface area contributed by atoms with E-state index >= 15 is 0 Å². The summed E-state index contributed by atoms with van der Waals surface area (Å²) in [6.45, 7) is 3.73. The monoisotopic (exact) mass is 359 g/mol. The minimum Gasteiger partial charge on any atom is -0.495 e. The lowest BCUT2D eigenvalue weighted by Gasteiger charge is -2.38. The lowest BCUT2D eigenvalue weighted by molar-refractivity contribution is -0.123. The molecule has 1 aliphatic rings. The predicted molar refractivity (Wildman–Crippen MR) is 94.7 cm³/mol. The highest BCUT2D eigenvalue weighted by Crippen LogP contribution is 2.38. The maximum atomic E-state index is 12.5. The highest BCUT2D eigenvalue weighted by Gasteiger charge is 2.36. The van der Waals surface area contributed by atoms with Crippen LogP contribution in [0, 0.1) is 19.8 Å². The number of methoxy groups -OCH3 is 1. The molecule has 1 atom stereocenters. The van der Waals surface area contributed by atoms with Crippen molar-refractivity contribution < 1.29 is 19.2 Å². The van der Waals surface area contributed by atoms with Gasteiger partial charge in [0.05, 0.1) is 31.1 Å². The van der Waals surface area contributed by atoms with Gasteiger partial charge in [-0.1, -0.05) is 5.16 Å². The van der Waals surface area contributed by atoms with Crippen LogP contribution in [0.25, 0.3) is 0 Å². The molecule has 3 rings (SSSR count). The van der Waals surface area contributed by atoms with Crippen LogP contribution in [0.3, 0.4) is 0 Å². The highest BCUT2D eigenvalue weighted by atomic mass is 16.5. The zero-order valence-electron chi connectivity index (χ0n) is 15.4. The first kappa shape index (κ1) is 18.4. The van der Waals surface area contributed by atoms with Gasteiger partial charge in [-0.05, 0) is 50.7 Å². The summed E-state index contributed by atoms with van der Waals surface area (Å²) in [6.07, 6.45) is 5.37. The van der Waals surface area contributed by atoms with Gasteiger partial charge in [0.25, 0.3) is 0 Å². The molecule has 0 radical (unpaired) electrons. The van der Waals surface area contributed by atoms with Crippen molar-refractivity contribution in [1.29, 1.82) is 0 Å². The number of hydrogen-bond donors (Lipinski definition) is 2. The number of carbonyl (C=O) groups is 1. The molecular weight excluding hydrogens is 334 g/mol. The minimum absolute atomic E-state index is 0.0424. The third-order valence-corrected chi connectivity index (χ3v) is 5.05. The summed E-state index contributed by atoms with van der Waals surface area (Å²) >= 11 is 0. The van der Waals surface area contributed by atoms with Crippen molar-refractivity contribution in [3.8, 4) is 5.75 Å². The molecule has 0 aromatic carbocycles. The number of hydrogen-bond acceptors (Lipinski definition) is 6. The van der Waals surface area contributed by atoms with Gasteiger partial charge in [-0.15, -0.1) is 0 Å². The van der Waals surface area contributed by atoms with Crippen LogP contribution in [0.1, 0.15) is 47.9 Å². The first-order chi connectivity index (χ1) is 12.5. The summed E-state index contributed by atoms with van der Waals surface area (Å²) in [5.41, 5.74) is 2.71. The second kappa shape index (κ2) is 7.86. The van der Waals surface area contributed by atoms with Crippen molar-refractivity contribution >= 4 is 5.91 Å². The highest BCUT2D eigenvalue weighted by molar-refractivity contribution is 5.76. The molecule has 1 fully saturated rings. The lowest BCUT2D eigenvalue weighted by Crippen LogP contribution is -2.41. The summed E-state index contributed by atoms with van der Waals surface area (Å²) in [4.78, 5) is 16.7. The third-order valence-electron chi connectivity index (χ3n) is 5.05. The van der Waals surface area contributed by atoms with Crippen molar-refractivity contribution in [3.05, 3.63) is 41.0 Å². The van der Waals surface area contributed by atoms with Crippen LogP contribution in [0.15, 0.2) is 23.0 Å². The Balaban J connectivity index is 1.68. The Morgan fingerprint density at radius 1 is 1.42 bits per heavy atom. The number of nitrogens with one attached hydrogen (secondary N) is 1. The van der Waals surface area contributed by atoms with E-state index in [1.165, 1.54) is 0 Å². The second-order valence-corrected chi connectivity index (χ2v) is 6.89. The molecule has 0 unspecified atom stereocenters. The van der Waals surface area contributed by atoms with E-state index in [0.717, 1.165) is 22.6 Å². The molecule has 1 saturated carbocycles. The fraction of sp³-hybridized carbons (Fsp3) is 0.526. The van der Waals surface area contributed by atoms with Gasteiger partial charge in [-0.2, -0.15) is 0 Å². The van der Waals surface area contributed by atoms with Crippen LogP contribution in [0.2, 0.25) is 0 Å². The number of rotatable bonds is 7. The first-order valence-electron chi connectivity index (χ1n) is 8.86. The molecule has 1 amide bonds. The molecule has 7 nitrogen and oxygen atoms in total. The average Bonchev–Trinajstić information content (AvgIpc) is 2.93. The number of pyridine rings is 1. The predicted octanol–water partition coefficient (Wildman–Crippen LogP) is 2.26. The van der Waals surface area contributed by atoms with Gasteiger partial charge in [-0.3, -0.25) is 9.78 Å². The number of nitrogens with zero attached hydrogens (tertiary/aromatic N) is 2. The molecule has 2 N–H and O–H groups in total. The van der Waals surface area contributed by atoms with Crippen molar-refractivity contribution in [2.24, 2.45) is 5.92 Å². The van der Waals surface area contributed by atoms with Crippen LogP contribution < -0.4 is 10.1 Å². The average molecular weight is 359 g/mol. The van der Waals surface area contributed by atoms with Crippen LogP contribution in [-0.2, 0) is 11.2 Å². The molecule has 0 spiro atoms. The third kappa shape index (κ3) is 4.04. The normalized spacial score (nSPS) is 20.3. The maximum Gasteiger partial charge on any atom is 0.220 e. The number of amides is 1. The summed E-state index contributed by atoms with van der Waals surface area (Å²) in [7, 11) is 1.59. The zero-order chi connectivity index (χ0) is 18.7. The topological polar surface area (TPSA) is 97.5 Å². The van der Waals surface area contributed by atoms with E-state index in [9.17, 15) is 9.90 Å². The lowest BCUT2D eigenvalue weighted by atomic mass is 9.75. The van der Waals surface area contributed by atoms with Crippen LogP contribution in [-0.4, -0.2) is 34.4 Å². The smallest absolute Gasteiger partial charge is 0.220 e. The molecule has 0 saturated heterocycles. The van der Waals surface area contributed by atoms with Crippen LogP contribution in [0.5, 0.6) is 5.75 Å². The van der Waals surface area contributed by atoms with Crippen LogP contribution in [0.4, 0.5) is 0 Å². The Bertz CT molecular complexity index is 748. The molecule has 26 heavy (non-hydrogen) atoms. The Hall–Kier alpha value is -2.41. The first-order valence-corrected chi connectivity index (χ1v) is 8.86. The second-order valence-electron chi connectivity index (χ2n) is 6.89. The summed E-state index contributed by atoms with van der Waals surface area (Å²) in [6, 6.07) is 1.70. The number of aryl methyl sites for hydroxylation is 2. The summed E-state index contributed by atoms with van der Waals surface area (Å²) < 4.78 is 10.4. The Morgan fingerprint density at radius 3 is 2.81 bits per heavy atom. The van der Waals surface area contributed by atoms with Crippen molar-refractivity contribution in [2.45, 2.75) is 51.7 Å². The maximum absolute atomic E-state index is 12.5. The van der Waals surface area contributed by atoms with Crippen molar-refractivity contribution in [3.63, 3.8) is 0 Å². The van der Waals surface area contributed by atoms with E-state index in [-0.39, 0.29) is 24.0 Å². The van der Waals surface area contributed by atoms with Gasteiger partial charge < -0.3 is 19.7 Å². The van der Waals surface area contributed by atoms with Crippen molar-refractivity contribution in [1.82, 2.24) is 15.5 Å². The van der Waals surface area contributed by atoms with Gasteiger partial charge in [0.1, 0.15) is 11.5 Å². The number of aromatic nitrogens is 2. The molecule has 7 heteroatoms. The molecule has 140 valence electrons. The van der Waals surface area contributed by atoms with E-state index < -0.39 is 0 Å².